The van der Waals surface area contributed by atoms with Gasteiger partial charge in [-0.25, -0.2) is 0 Å². The molecule has 1 aliphatic heterocycles. The Labute approximate surface area is 152 Å². The monoisotopic (exact) mass is 340 g/mol. The summed E-state index contributed by atoms with van der Waals surface area (Å²) in [6, 6.07) is 0. The molecule has 0 N–H and O–H groups in total. The molecule has 2 heteroatoms. The molecule has 0 aromatic rings. The molecule has 0 amide bonds. The Morgan fingerprint density at radius 1 is 0.667 bits per heavy atom. The third kappa shape index (κ3) is 12.3. The Bertz CT molecular complexity index is 277. The molecule has 1 saturated heterocycles. The van der Waals surface area contributed by atoms with Crippen LogP contribution >= 0.6 is 0 Å². The first-order valence-electron chi connectivity index (χ1n) is 11.2. The summed E-state index contributed by atoms with van der Waals surface area (Å²) in [5.41, 5.74) is 0. The van der Waals surface area contributed by atoms with E-state index in [0.717, 1.165) is 6.61 Å². The zero-order valence-corrected chi connectivity index (χ0v) is 17.2. The van der Waals surface area contributed by atoms with Crippen molar-refractivity contribution < 1.29 is 9.22 Å². The molecule has 0 aromatic heterocycles. The molecule has 1 fully saturated rings. The molecule has 2 unspecified atom stereocenters. The van der Waals surface area contributed by atoms with Crippen LogP contribution in [0.4, 0.5) is 0 Å². The van der Waals surface area contributed by atoms with Crippen LogP contribution in [0.5, 0.6) is 0 Å². The number of ether oxygens (including phenoxy) is 1. The largest absolute Gasteiger partial charge is 0.367 e. The Balaban J connectivity index is 2.08. The van der Waals surface area contributed by atoms with E-state index in [-0.39, 0.29) is 0 Å². The molecule has 0 saturated carbocycles. The van der Waals surface area contributed by atoms with E-state index in [2.05, 4.69) is 20.9 Å². The van der Waals surface area contributed by atoms with Gasteiger partial charge in [0.2, 0.25) is 0 Å². The summed E-state index contributed by atoms with van der Waals surface area (Å²) in [7, 11) is 2.48. The molecular formula is C22H46NO+. The molecule has 1 rings (SSSR count). The summed E-state index contributed by atoms with van der Waals surface area (Å²) in [4.78, 5) is 0. The first kappa shape index (κ1) is 22.0. The van der Waals surface area contributed by atoms with Gasteiger partial charge in [0.25, 0.3) is 0 Å². The van der Waals surface area contributed by atoms with E-state index < -0.39 is 0 Å². The van der Waals surface area contributed by atoms with Crippen LogP contribution in [0.15, 0.2) is 0 Å². The minimum atomic E-state index is 0.573. The fourth-order valence-electron chi connectivity index (χ4n) is 3.86. The summed E-state index contributed by atoms with van der Waals surface area (Å²) >= 11 is 0. The molecule has 2 nitrogen and oxygen atoms in total. The minimum absolute atomic E-state index is 0.573. The third-order valence-corrected chi connectivity index (χ3v) is 5.65. The van der Waals surface area contributed by atoms with Gasteiger partial charge in [-0.3, -0.25) is 0 Å². The van der Waals surface area contributed by atoms with Crippen molar-refractivity contribution in [3.63, 3.8) is 0 Å². The molecule has 1 aliphatic rings. The Kier molecular flexibility index (Phi) is 12.9. The number of hydrogen-bond donors (Lipinski definition) is 0. The van der Waals surface area contributed by atoms with Crippen molar-refractivity contribution in [3.8, 4) is 0 Å². The summed E-state index contributed by atoms with van der Waals surface area (Å²) in [5, 5.41) is 0. The van der Waals surface area contributed by atoms with E-state index in [1.807, 2.05) is 0 Å². The second kappa shape index (κ2) is 14.1. The van der Waals surface area contributed by atoms with Crippen LogP contribution in [0.3, 0.4) is 0 Å². The van der Waals surface area contributed by atoms with Crippen LogP contribution in [-0.4, -0.2) is 43.9 Å². The lowest BCUT2D eigenvalue weighted by Crippen LogP contribution is -2.48. The molecule has 0 bridgehead atoms. The first-order valence-corrected chi connectivity index (χ1v) is 11.2. The van der Waals surface area contributed by atoms with Gasteiger partial charge in [-0.1, -0.05) is 78.1 Å². The fraction of sp³-hybridized carbons (Fsp3) is 1.00. The first-order chi connectivity index (χ1) is 11.7. The number of epoxide rings is 1. The highest BCUT2D eigenvalue weighted by atomic mass is 16.6. The van der Waals surface area contributed by atoms with Crippen LogP contribution in [0.25, 0.3) is 0 Å². The van der Waals surface area contributed by atoms with Gasteiger partial charge in [-0.2, -0.15) is 0 Å². The minimum Gasteiger partial charge on any atom is -0.367 e. The van der Waals surface area contributed by atoms with E-state index in [9.17, 15) is 0 Å². The van der Waals surface area contributed by atoms with Crippen LogP contribution in [0.1, 0.15) is 104 Å². The van der Waals surface area contributed by atoms with E-state index >= 15 is 0 Å². The number of hydrogen-bond acceptors (Lipinski definition) is 1. The number of nitrogens with zero attached hydrogens (tertiary/aromatic N) is 1. The highest BCUT2D eigenvalue weighted by Gasteiger charge is 2.33. The average Bonchev–Trinajstić information content (AvgIpc) is 3.37. The van der Waals surface area contributed by atoms with Crippen LogP contribution < -0.4 is 0 Å². The van der Waals surface area contributed by atoms with E-state index in [4.69, 9.17) is 4.74 Å². The maximum absolute atomic E-state index is 5.53. The summed E-state index contributed by atoms with van der Waals surface area (Å²) < 4.78 is 6.79. The molecule has 0 aromatic carbocycles. The lowest BCUT2D eigenvalue weighted by Gasteiger charge is -2.34. The van der Waals surface area contributed by atoms with Gasteiger partial charge in [-0.15, -0.1) is 0 Å². The van der Waals surface area contributed by atoms with Gasteiger partial charge in [0.15, 0.2) is 0 Å². The van der Waals surface area contributed by atoms with Gasteiger partial charge >= 0.3 is 0 Å². The topological polar surface area (TPSA) is 12.5 Å². The second-order valence-electron chi connectivity index (χ2n) is 8.45. The Morgan fingerprint density at radius 2 is 1.04 bits per heavy atom. The van der Waals surface area contributed by atoms with Crippen LogP contribution in [-0.2, 0) is 4.74 Å². The van der Waals surface area contributed by atoms with Crippen molar-refractivity contribution in [2.75, 3.05) is 33.3 Å². The zero-order valence-electron chi connectivity index (χ0n) is 17.2. The van der Waals surface area contributed by atoms with Crippen molar-refractivity contribution in [1.29, 1.82) is 0 Å². The van der Waals surface area contributed by atoms with Gasteiger partial charge in [0, 0.05) is 0 Å². The molecule has 0 radical (unpaired) electrons. The number of rotatable bonds is 18. The van der Waals surface area contributed by atoms with Crippen LogP contribution in [0, 0.1) is 0 Å². The fourth-order valence-corrected chi connectivity index (χ4v) is 3.86. The Morgan fingerprint density at radius 3 is 1.42 bits per heavy atom. The van der Waals surface area contributed by atoms with Gasteiger partial charge in [-0.05, 0) is 25.7 Å². The molecule has 0 aliphatic carbocycles. The van der Waals surface area contributed by atoms with Crippen molar-refractivity contribution in [3.05, 3.63) is 0 Å². The lowest BCUT2D eigenvalue weighted by molar-refractivity contribution is -0.910. The van der Waals surface area contributed by atoms with E-state index in [1.54, 1.807) is 0 Å². The second-order valence-corrected chi connectivity index (χ2v) is 8.45. The van der Waals surface area contributed by atoms with E-state index in [0.29, 0.717) is 6.10 Å². The summed E-state index contributed by atoms with van der Waals surface area (Å²) in [6.45, 7) is 9.60. The highest BCUT2D eigenvalue weighted by Crippen LogP contribution is 2.19. The van der Waals surface area contributed by atoms with Gasteiger partial charge in [0.1, 0.15) is 12.6 Å². The van der Waals surface area contributed by atoms with E-state index in [1.165, 1.54) is 114 Å². The predicted molar refractivity (Wildman–Crippen MR) is 107 cm³/mol. The maximum atomic E-state index is 5.53. The Hall–Kier alpha value is -0.0800. The number of quaternary nitrogens is 1. The quantitative estimate of drug-likeness (QED) is 0.161. The van der Waals surface area contributed by atoms with Crippen molar-refractivity contribution in [2.45, 2.75) is 110 Å². The molecule has 24 heavy (non-hydrogen) atoms. The van der Waals surface area contributed by atoms with Crippen molar-refractivity contribution in [1.82, 2.24) is 0 Å². The number of unbranched alkanes of at least 4 members (excludes halogenated alkanes) is 12. The molecular weight excluding hydrogens is 294 g/mol. The van der Waals surface area contributed by atoms with Crippen LogP contribution in [0.2, 0.25) is 0 Å². The number of likely N-dealkylation sites (N-methyl/N-ethyl adjacent to an activating group) is 1. The van der Waals surface area contributed by atoms with Crippen molar-refractivity contribution >= 4 is 0 Å². The zero-order chi connectivity index (χ0) is 17.5. The molecule has 0 spiro atoms. The molecule has 1 heterocycles. The predicted octanol–water partition coefficient (Wildman–Crippen LogP) is 6.33. The maximum Gasteiger partial charge on any atom is 0.130 e. The van der Waals surface area contributed by atoms with Gasteiger partial charge in [0.05, 0.1) is 26.7 Å². The highest BCUT2D eigenvalue weighted by molar-refractivity contribution is 4.68. The average molecular weight is 341 g/mol. The summed E-state index contributed by atoms with van der Waals surface area (Å²) in [6.07, 6.45) is 20.5. The molecule has 144 valence electrons. The molecule has 2 atom stereocenters. The standard InChI is InChI=1S/C22H46NO/c1-4-6-8-10-12-13-15-17-19-23(3,20-22-21-24-22)18-16-14-11-9-7-5-2/h22H,4-21H2,1-3H3/q+1. The summed E-state index contributed by atoms with van der Waals surface area (Å²) in [5.74, 6) is 0. The SMILES string of the molecule is CCCCCCCCCC[N+](C)(CCCCCCCC)CC1CO1. The van der Waals surface area contributed by atoms with Gasteiger partial charge < -0.3 is 9.22 Å². The smallest absolute Gasteiger partial charge is 0.130 e. The van der Waals surface area contributed by atoms with Crippen molar-refractivity contribution in [2.24, 2.45) is 0 Å². The third-order valence-electron chi connectivity index (χ3n) is 5.65. The normalized spacial score (nSPS) is 19.4. The lowest BCUT2D eigenvalue weighted by atomic mass is 10.1.